The zero-order chi connectivity index (χ0) is 23.9. The molecule has 0 bridgehead atoms. The van der Waals surface area contributed by atoms with Crippen LogP contribution in [0.2, 0.25) is 0 Å². The zero-order valence-corrected chi connectivity index (χ0v) is 20.3. The van der Waals surface area contributed by atoms with Gasteiger partial charge in [0.2, 0.25) is 6.73 Å². The molecule has 0 spiro atoms. The molecule has 7 heteroatoms. The maximum atomic E-state index is 13.5. The SMILES string of the molecule is Cc1n(CC2CCc3c(c4ccccc4n3C)C2=O)cc[n+]1COC(=O)C(CN)C(C)(C)C. The summed E-state index contributed by atoms with van der Waals surface area (Å²) in [7, 11) is 2.05. The standard InChI is InChI=1S/C26H35N4O3/c1-17-29(12-13-30(17)16-33-25(32)20(14-27)26(2,3)4)15-18-10-11-22-23(24(18)31)19-8-6-7-9-21(19)28(22)5/h6-9,12-13,18,20H,10-11,14-16,27H2,1-5H3/q+1. The van der Waals surface area contributed by atoms with Crippen LogP contribution >= 0.6 is 0 Å². The molecule has 1 aliphatic carbocycles. The summed E-state index contributed by atoms with van der Waals surface area (Å²) in [5.41, 5.74) is 8.68. The molecular weight excluding hydrogens is 416 g/mol. The van der Waals surface area contributed by atoms with E-state index in [2.05, 4.69) is 15.2 Å². The van der Waals surface area contributed by atoms with Crippen molar-refractivity contribution < 1.29 is 18.9 Å². The number of carbonyl (C=O) groups is 2. The highest BCUT2D eigenvalue weighted by atomic mass is 16.5. The van der Waals surface area contributed by atoms with Gasteiger partial charge in [-0.2, -0.15) is 4.57 Å². The van der Waals surface area contributed by atoms with Crippen molar-refractivity contribution in [3.8, 4) is 0 Å². The fraction of sp³-hybridized carbons (Fsp3) is 0.500. The second-order valence-corrected chi connectivity index (χ2v) is 10.2. The Morgan fingerprint density at radius 2 is 2.03 bits per heavy atom. The van der Waals surface area contributed by atoms with Gasteiger partial charge >= 0.3 is 5.97 Å². The highest BCUT2D eigenvalue weighted by molar-refractivity contribution is 6.11. The van der Waals surface area contributed by atoms with E-state index in [4.69, 9.17) is 10.5 Å². The minimum absolute atomic E-state index is 0.0760. The molecule has 7 nitrogen and oxygen atoms in total. The van der Waals surface area contributed by atoms with Gasteiger partial charge in [0.25, 0.3) is 5.82 Å². The molecule has 2 unspecified atom stereocenters. The molecule has 0 saturated carbocycles. The molecule has 2 atom stereocenters. The molecule has 3 aromatic rings. The van der Waals surface area contributed by atoms with Crippen LogP contribution in [0, 0.1) is 24.2 Å². The summed E-state index contributed by atoms with van der Waals surface area (Å²) < 4.78 is 11.7. The molecule has 1 aromatic carbocycles. The summed E-state index contributed by atoms with van der Waals surface area (Å²) in [6, 6.07) is 8.13. The van der Waals surface area contributed by atoms with E-state index >= 15 is 0 Å². The van der Waals surface area contributed by atoms with Crippen molar-refractivity contribution >= 4 is 22.7 Å². The number of rotatable bonds is 6. The third-order valence-corrected chi connectivity index (χ3v) is 7.16. The van der Waals surface area contributed by atoms with Gasteiger partial charge in [0, 0.05) is 42.7 Å². The predicted octanol–water partition coefficient (Wildman–Crippen LogP) is 3.14. The van der Waals surface area contributed by atoms with Crippen molar-refractivity contribution in [2.45, 2.75) is 53.8 Å². The van der Waals surface area contributed by atoms with Gasteiger partial charge in [-0.3, -0.25) is 9.59 Å². The number of benzene rings is 1. The number of esters is 1. The lowest BCUT2D eigenvalue weighted by Crippen LogP contribution is -2.42. The smallest absolute Gasteiger partial charge is 0.313 e. The number of carbonyl (C=O) groups excluding carboxylic acids is 2. The quantitative estimate of drug-likeness (QED) is 0.461. The molecule has 2 aromatic heterocycles. The van der Waals surface area contributed by atoms with Crippen molar-refractivity contribution in [2.24, 2.45) is 30.0 Å². The average Bonchev–Trinajstić information content (AvgIpc) is 3.26. The molecule has 1 aliphatic rings. The van der Waals surface area contributed by atoms with Crippen LogP contribution in [0.4, 0.5) is 0 Å². The maximum Gasteiger partial charge on any atom is 0.313 e. The predicted molar refractivity (Wildman–Crippen MR) is 127 cm³/mol. The normalized spacial score (nSPS) is 17.3. The lowest BCUT2D eigenvalue weighted by Gasteiger charge is -2.27. The average molecular weight is 452 g/mol. The number of aromatic nitrogens is 3. The molecule has 0 saturated heterocycles. The minimum atomic E-state index is -0.352. The van der Waals surface area contributed by atoms with Gasteiger partial charge in [0.05, 0.1) is 11.8 Å². The van der Waals surface area contributed by atoms with Gasteiger partial charge < -0.3 is 15.0 Å². The molecule has 2 N–H and O–H groups in total. The Kier molecular flexibility index (Phi) is 6.18. The van der Waals surface area contributed by atoms with E-state index in [0.29, 0.717) is 6.54 Å². The van der Waals surface area contributed by atoms with Gasteiger partial charge in [0.15, 0.2) is 5.78 Å². The summed E-state index contributed by atoms with van der Waals surface area (Å²) in [4.78, 5) is 26.0. The molecular formula is C26H35N4O3+. The Morgan fingerprint density at radius 1 is 1.30 bits per heavy atom. The summed E-state index contributed by atoms with van der Waals surface area (Å²) in [6.45, 7) is 8.95. The highest BCUT2D eigenvalue weighted by Crippen LogP contribution is 2.34. The summed E-state index contributed by atoms with van der Waals surface area (Å²) in [6.07, 6.45) is 5.57. The number of ether oxygens (including phenoxy) is 1. The first-order valence-corrected chi connectivity index (χ1v) is 11.7. The Bertz CT molecular complexity index is 1200. The number of imidazole rings is 1. The number of nitrogens with zero attached hydrogens (tertiary/aromatic N) is 3. The van der Waals surface area contributed by atoms with Gasteiger partial charge in [-0.1, -0.05) is 39.0 Å². The van der Waals surface area contributed by atoms with E-state index in [-0.39, 0.29) is 42.3 Å². The Morgan fingerprint density at radius 3 is 2.73 bits per heavy atom. The molecule has 0 aliphatic heterocycles. The van der Waals surface area contributed by atoms with E-state index in [0.717, 1.165) is 40.8 Å². The fourth-order valence-corrected chi connectivity index (χ4v) is 4.98. The van der Waals surface area contributed by atoms with Crippen molar-refractivity contribution in [3.63, 3.8) is 0 Å². The van der Waals surface area contributed by atoms with E-state index < -0.39 is 0 Å². The number of Topliss-reactive ketones (excluding diaryl/α,β-unsaturated/α-hetero) is 1. The Balaban J connectivity index is 1.48. The molecule has 33 heavy (non-hydrogen) atoms. The lowest BCUT2D eigenvalue weighted by atomic mass is 9.81. The van der Waals surface area contributed by atoms with Crippen molar-refractivity contribution in [1.82, 2.24) is 9.13 Å². The summed E-state index contributed by atoms with van der Waals surface area (Å²) in [5, 5.41) is 1.05. The Hall–Kier alpha value is -2.93. The largest absolute Gasteiger partial charge is 0.424 e. The second-order valence-electron chi connectivity index (χ2n) is 10.2. The van der Waals surface area contributed by atoms with Crippen LogP contribution in [0.3, 0.4) is 0 Å². The third-order valence-electron chi connectivity index (χ3n) is 7.16. The molecule has 0 radical (unpaired) electrons. The van der Waals surface area contributed by atoms with Crippen molar-refractivity contribution in [1.29, 1.82) is 0 Å². The lowest BCUT2D eigenvalue weighted by molar-refractivity contribution is -0.732. The van der Waals surface area contributed by atoms with Crippen molar-refractivity contribution in [2.75, 3.05) is 6.54 Å². The van der Waals surface area contributed by atoms with Gasteiger partial charge in [-0.15, -0.1) is 0 Å². The molecule has 176 valence electrons. The molecule has 2 heterocycles. The minimum Gasteiger partial charge on any atom is -0.424 e. The van der Waals surface area contributed by atoms with Gasteiger partial charge in [-0.25, -0.2) is 4.57 Å². The highest BCUT2D eigenvalue weighted by Gasteiger charge is 2.34. The number of nitrogens with two attached hydrogens (primary N) is 1. The van der Waals surface area contributed by atoms with Crippen LogP contribution in [0.15, 0.2) is 36.7 Å². The summed E-state index contributed by atoms with van der Waals surface area (Å²) in [5.74, 6) is 0.452. The van der Waals surface area contributed by atoms with Crippen LogP contribution < -0.4 is 10.3 Å². The number of fused-ring (bicyclic) bond motifs is 3. The monoisotopic (exact) mass is 451 g/mol. The van der Waals surface area contributed by atoms with Crippen LogP contribution in [0.1, 0.15) is 49.1 Å². The van der Waals surface area contributed by atoms with Gasteiger partial charge in [-0.05, 0) is 24.3 Å². The van der Waals surface area contributed by atoms with E-state index in [1.54, 1.807) is 0 Å². The first-order chi connectivity index (χ1) is 15.6. The molecule has 0 fully saturated rings. The topological polar surface area (TPSA) is 83.1 Å². The fourth-order valence-electron chi connectivity index (χ4n) is 4.98. The van der Waals surface area contributed by atoms with E-state index in [9.17, 15) is 9.59 Å². The number of para-hydroxylation sites is 1. The van der Waals surface area contributed by atoms with E-state index in [1.807, 2.05) is 69.9 Å². The first kappa shape index (κ1) is 23.2. The van der Waals surface area contributed by atoms with E-state index in [1.165, 1.54) is 0 Å². The zero-order valence-electron chi connectivity index (χ0n) is 20.3. The number of ketones is 1. The van der Waals surface area contributed by atoms with Crippen LogP contribution in [-0.2, 0) is 36.3 Å². The van der Waals surface area contributed by atoms with Crippen molar-refractivity contribution in [3.05, 3.63) is 53.7 Å². The number of hydrogen-bond donors (Lipinski definition) is 1. The van der Waals surface area contributed by atoms with Gasteiger partial charge in [0.1, 0.15) is 18.9 Å². The summed E-state index contributed by atoms with van der Waals surface area (Å²) >= 11 is 0. The van der Waals surface area contributed by atoms with Crippen LogP contribution in [0.5, 0.6) is 0 Å². The third kappa shape index (κ3) is 4.22. The Labute approximate surface area is 195 Å². The second kappa shape index (κ2) is 8.78. The maximum absolute atomic E-state index is 13.5. The first-order valence-electron chi connectivity index (χ1n) is 11.7. The van der Waals surface area contributed by atoms with Crippen LogP contribution in [-0.4, -0.2) is 27.4 Å². The molecule has 4 rings (SSSR count). The van der Waals surface area contributed by atoms with Crippen LogP contribution in [0.25, 0.3) is 10.9 Å². The number of hydrogen-bond acceptors (Lipinski definition) is 4. The molecule has 0 amide bonds. The number of aryl methyl sites for hydroxylation is 1.